The fraction of sp³-hybridized carbons (Fsp3) is 0.154. The summed E-state index contributed by atoms with van der Waals surface area (Å²) >= 11 is 7.49. The molecule has 0 saturated carbocycles. The predicted molar refractivity (Wildman–Crippen MR) is 76.2 cm³/mol. The third kappa shape index (κ3) is 1.69. The standard InChI is InChI=1S/C13H11ClN2OS/c1-6-7(2)18-12(15)11(6)13-16-9-4-3-8(14)5-10(9)17-13/h3-5H,15H2,1-2H3. The molecule has 0 atom stereocenters. The lowest BCUT2D eigenvalue weighted by atomic mass is 10.1. The number of aromatic nitrogens is 1. The number of nitrogens with zero attached hydrogens (tertiary/aromatic N) is 1. The van der Waals surface area contributed by atoms with Gasteiger partial charge in [0.1, 0.15) is 5.52 Å². The molecule has 1 aromatic carbocycles. The smallest absolute Gasteiger partial charge is 0.230 e. The van der Waals surface area contributed by atoms with Gasteiger partial charge in [0.15, 0.2) is 5.58 Å². The van der Waals surface area contributed by atoms with Gasteiger partial charge in [-0.05, 0) is 31.5 Å². The number of nitrogen functional groups attached to an aromatic ring is 1. The highest BCUT2D eigenvalue weighted by atomic mass is 35.5. The SMILES string of the molecule is Cc1sc(N)c(-c2nc3ccc(Cl)cc3o2)c1C. The van der Waals surface area contributed by atoms with E-state index in [1.54, 1.807) is 23.5 Å². The van der Waals surface area contributed by atoms with E-state index in [0.29, 0.717) is 16.5 Å². The second kappa shape index (κ2) is 4.00. The number of thiophene rings is 1. The lowest BCUT2D eigenvalue weighted by molar-refractivity contribution is 0.620. The Morgan fingerprint density at radius 2 is 2.11 bits per heavy atom. The minimum atomic E-state index is 0.562. The van der Waals surface area contributed by atoms with E-state index in [9.17, 15) is 0 Å². The molecule has 2 N–H and O–H groups in total. The monoisotopic (exact) mass is 278 g/mol. The lowest BCUT2D eigenvalue weighted by Crippen LogP contribution is -1.85. The van der Waals surface area contributed by atoms with Crippen LogP contribution in [0.2, 0.25) is 5.02 Å². The number of anilines is 1. The Hall–Kier alpha value is -1.52. The van der Waals surface area contributed by atoms with Gasteiger partial charge in [-0.1, -0.05) is 11.6 Å². The number of halogens is 1. The van der Waals surface area contributed by atoms with Gasteiger partial charge in [0.05, 0.1) is 10.6 Å². The van der Waals surface area contributed by atoms with Gasteiger partial charge >= 0.3 is 0 Å². The van der Waals surface area contributed by atoms with Crippen molar-refractivity contribution in [2.75, 3.05) is 5.73 Å². The summed E-state index contributed by atoms with van der Waals surface area (Å²) < 4.78 is 5.74. The molecule has 18 heavy (non-hydrogen) atoms. The Bertz CT molecular complexity index is 745. The van der Waals surface area contributed by atoms with Gasteiger partial charge in [0, 0.05) is 16.0 Å². The van der Waals surface area contributed by atoms with Gasteiger partial charge in [0.25, 0.3) is 0 Å². The van der Waals surface area contributed by atoms with Crippen LogP contribution in [0, 0.1) is 13.8 Å². The van der Waals surface area contributed by atoms with E-state index in [1.165, 1.54) is 4.88 Å². The van der Waals surface area contributed by atoms with Crippen molar-refractivity contribution in [3.63, 3.8) is 0 Å². The number of rotatable bonds is 1. The highest BCUT2D eigenvalue weighted by Crippen LogP contribution is 2.38. The molecule has 5 heteroatoms. The molecule has 92 valence electrons. The van der Waals surface area contributed by atoms with E-state index in [-0.39, 0.29) is 0 Å². The summed E-state index contributed by atoms with van der Waals surface area (Å²) in [5.74, 6) is 0.562. The fourth-order valence-corrected chi connectivity index (χ4v) is 3.01. The molecule has 0 amide bonds. The van der Waals surface area contributed by atoms with Crippen LogP contribution in [0.25, 0.3) is 22.6 Å². The largest absolute Gasteiger partial charge is 0.436 e. The van der Waals surface area contributed by atoms with Crippen LogP contribution < -0.4 is 5.73 Å². The minimum Gasteiger partial charge on any atom is -0.436 e. The third-order valence-electron chi connectivity index (χ3n) is 2.98. The van der Waals surface area contributed by atoms with Crippen molar-refractivity contribution >= 4 is 39.0 Å². The second-order valence-electron chi connectivity index (χ2n) is 4.15. The van der Waals surface area contributed by atoms with Crippen LogP contribution in [-0.4, -0.2) is 4.98 Å². The van der Waals surface area contributed by atoms with Gasteiger partial charge < -0.3 is 10.2 Å². The fourth-order valence-electron chi connectivity index (χ4n) is 1.92. The molecule has 0 aliphatic heterocycles. The topological polar surface area (TPSA) is 52.0 Å². The highest BCUT2D eigenvalue weighted by molar-refractivity contribution is 7.16. The first kappa shape index (κ1) is 11.6. The van der Waals surface area contributed by atoms with Crippen molar-refractivity contribution in [2.24, 2.45) is 0 Å². The minimum absolute atomic E-state index is 0.562. The van der Waals surface area contributed by atoms with Gasteiger partial charge in [-0.15, -0.1) is 11.3 Å². The Labute approximate surface area is 113 Å². The summed E-state index contributed by atoms with van der Waals surface area (Å²) in [5, 5.41) is 1.37. The molecule has 0 saturated heterocycles. The van der Waals surface area contributed by atoms with Crippen molar-refractivity contribution in [2.45, 2.75) is 13.8 Å². The van der Waals surface area contributed by atoms with Crippen LogP contribution in [0.3, 0.4) is 0 Å². The van der Waals surface area contributed by atoms with E-state index in [1.807, 2.05) is 19.9 Å². The molecule has 2 heterocycles. The van der Waals surface area contributed by atoms with Crippen molar-refractivity contribution in [1.29, 1.82) is 0 Å². The molecular weight excluding hydrogens is 268 g/mol. The molecule has 0 spiro atoms. The summed E-state index contributed by atoms with van der Waals surface area (Å²) in [6.07, 6.45) is 0. The Morgan fingerprint density at radius 3 is 2.78 bits per heavy atom. The number of oxazole rings is 1. The van der Waals surface area contributed by atoms with E-state index < -0.39 is 0 Å². The van der Waals surface area contributed by atoms with Crippen molar-refractivity contribution in [3.8, 4) is 11.5 Å². The molecule has 0 radical (unpaired) electrons. The Balaban J connectivity index is 2.25. The first-order chi connectivity index (χ1) is 8.56. The molecule has 2 aromatic heterocycles. The molecule has 3 aromatic rings. The zero-order chi connectivity index (χ0) is 12.9. The van der Waals surface area contributed by atoms with Crippen molar-refractivity contribution in [1.82, 2.24) is 4.98 Å². The zero-order valence-corrected chi connectivity index (χ0v) is 11.5. The average Bonchev–Trinajstić information content (AvgIpc) is 2.80. The van der Waals surface area contributed by atoms with Crippen LogP contribution in [0.4, 0.5) is 5.00 Å². The highest BCUT2D eigenvalue weighted by Gasteiger charge is 2.17. The van der Waals surface area contributed by atoms with E-state index in [0.717, 1.165) is 21.6 Å². The Morgan fingerprint density at radius 1 is 1.33 bits per heavy atom. The summed E-state index contributed by atoms with van der Waals surface area (Å²) in [6.45, 7) is 4.07. The van der Waals surface area contributed by atoms with Crippen LogP contribution in [0.5, 0.6) is 0 Å². The summed E-state index contributed by atoms with van der Waals surface area (Å²) in [7, 11) is 0. The number of benzene rings is 1. The van der Waals surface area contributed by atoms with Crippen molar-refractivity contribution < 1.29 is 4.42 Å². The maximum absolute atomic E-state index is 6.02. The summed E-state index contributed by atoms with van der Waals surface area (Å²) in [4.78, 5) is 5.64. The number of hydrogen-bond donors (Lipinski definition) is 1. The molecular formula is C13H11ClN2OS. The average molecular weight is 279 g/mol. The first-order valence-corrected chi connectivity index (χ1v) is 6.67. The normalized spacial score (nSPS) is 11.3. The van der Waals surface area contributed by atoms with E-state index in [4.69, 9.17) is 21.8 Å². The molecule has 0 bridgehead atoms. The predicted octanol–water partition coefficient (Wildman–Crippen LogP) is 4.41. The molecule has 0 unspecified atom stereocenters. The van der Waals surface area contributed by atoms with Gasteiger partial charge in [-0.3, -0.25) is 0 Å². The van der Waals surface area contributed by atoms with Crippen LogP contribution in [0.1, 0.15) is 10.4 Å². The third-order valence-corrected chi connectivity index (χ3v) is 4.25. The number of nitrogens with two attached hydrogens (primary N) is 1. The molecule has 0 aliphatic rings. The van der Waals surface area contributed by atoms with E-state index >= 15 is 0 Å². The maximum Gasteiger partial charge on any atom is 0.230 e. The van der Waals surface area contributed by atoms with Crippen LogP contribution >= 0.6 is 22.9 Å². The number of hydrogen-bond acceptors (Lipinski definition) is 4. The summed E-state index contributed by atoms with van der Waals surface area (Å²) in [6, 6.07) is 5.40. The second-order valence-corrected chi connectivity index (χ2v) is 5.85. The molecule has 3 nitrogen and oxygen atoms in total. The van der Waals surface area contributed by atoms with Gasteiger partial charge in [0.2, 0.25) is 5.89 Å². The van der Waals surface area contributed by atoms with Crippen molar-refractivity contribution in [3.05, 3.63) is 33.7 Å². The maximum atomic E-state index is 6.02. The molecule has 0 fully saturated rings. The first-order valence-electron chi connectivity index (χ1n) is 5.48. The lowest BCUT2D eigenvalue weighted by Gasteiger charge is -1.95. The van der Waals surface area contributed by atoms with Crippen LogP contribution in [0.15, 0.2) is 22.6 Å². The summed E-state index contributed by atoms with van der Waals surface area (Å²) in [5.41, 5.74) is 9.50. The number of aryl methyl sites for hydroxylation is 1. The molecule has 3 rings (SSSR count). The number of fused-ring (bicyclic) bond motifs is 1. The van der Waals surface area contributed by atoms with Gasteiger partial charge in [-0.2, -0.15) is 0 Å². The zero-order valence-electron chi connectivity index (χ0n) is 9.95. The quantitative estimate of drug-likeness (QED) is 0.717. The van der Waals surface area contributed by atoms with E-state index in [2.05, 4.69) is 4.98 Å². The Kier molecular flexibility index (Phi) is 2.57. The van der Waals surface area contributed by atoms with Crippen LogP contribution in [-0.2, 0) is 0 Å². The molecule has 0 aliphatic carbocycles. The van der Waals surface area contributed by atoms with Gasteiger partial charge in [-0.25, -0.2) is 4.98 Å².